The minimum atomic E-state index is -0.455. The lowest BCUT2D eigenvalue weighted by atomic mass is 9.56. The third-order valence-electron chi connectivity index (χ3n) is 19.9. The van der Waals surface area contributed by atoms with E-state index in [1.54, 1.807) is 0 Å². The van der Waals surface area contributed by atoms with Crippen LogP contribution in [0.3, 0.4) is 0 Å². The molecule has 61 heavy (non-hydrogen) atoms. The highest BCUT2D eigenvalue weighted by Crippen LogP contribution is 2.77. The zero-order valence-electron chi connectivity index (χ0n) is 34.2. The van der Waals surface area contributed by atoms with E-state index in [9.17, 15) is 10.5 Å². The van der Waals surface area contributed by atoms with Gasteiger partial charge in [0.2, 0.25) is 0 Å². The molecule has 0 N–H and O–H groups in total. The number of nitriles is 2. The molecule has 0 aliphatic heterocycles. The van der Waals surface area contributed by atoms with Gasteiger partial charge in [0.15, 0.2) is 0 Å². The Hall–Kier alpha value is -5.90. The lowest BCUT2D eigenvalue weighted by molar-refractivity contribution is 0.00322. The molecule has 8 aromatic rings. The lowest BCUT2D eigenvalue weighted by Gasteiger charge is -2.48. The Morgan fingerprint density at radius 2 is 1.02 bits per heavy atom. The minimum absolute atomic E-state index is 0.455. The van der Waals surface area contributed by atoms with Crippen molar-refractivity contribution in [2.24, 2.45) is 29.1 Å². The molecule has 18 rings (SSSR count). The van der Waals surface area contributed by atoms with Gasteiger partial charge in [0, 0.05) is 21.5 Å². The highest BCUT2D eigenvalue weighted by molar-refractivity contribution is 6.30. The van der Waals surface area contributed by atoms with Crippen LogP contribution in [0.5, 0.6) is 0 Å². The summed E-state index contributed by atoms with van der Waals surface area (Å²) in [6, 6.07) is 41.0. The van der Waals surface area contributed by atoms with Crippen LogP contribution in [0.15, 0.2) is 91.0 Å². The first-order chi connectivity index (χ1) is 30.1. The first-order valence-corrected chi connectivity index (χ1v) is 23.6. The third-order valence-corrected chi connectivity index (χ3v) is 19.9. The summed E-state index contributed by atoms with van der Waals surface area (Å²) >= 11 is 0. The molecule has 0 radical (unpaired) electrons. The summed E-state index contributed by atoms with van der Waals surface area (Å²) in [4.78, 5) is 0. The Kier molecular flexibility index (Phi) is 5.26. The fourth-order valence-electron chi connectivity index (χ4n) is 18.4. The second-order valence-corrected chi connectivity index (χ2v) is 21.7. The summed E-state index contributed by atoms with van der Waals surface area (Å²) in [5, 5.41) is 28.1. The van der Waals surface area contributed by atoms with Gasteiger partial charge in [0.05, 0.1) is 45.2 Å². The number of rotatable bonds is 0. The summed E-state index contributed by atoms with van der Waals surface area (Å²) in [5.41, 5.74) is 22.5. The van der Waals surface area contributed by atoms with E-state index in [0.29, 0.717) is 29.1 Å². The predicted octanol–water partition coefficient (Wildman–Crippen LogP) is 13.7. The van der Waals surface area contributed by atoms with Crippen molar-refractivity contribution in [1.82, 2.24) is 4.40 Å². The molecule has 3 heteroatoms. The molecule has 7 atom stereocenters. The normalized spacial score (nSPS) is 31.4. The average molecular weight is 782 g/mol. The van der Waals surface area contributed by atoms with E-state index in [1.807, 2.05) is 0 Å². The number of benzene rings is 6. The number of aromatic nitrogens is 1. The maximum Gasteiger partial charge on any atom is 0.0995 e. The second-order valence-electron chi connectivity index (χ2n) is 21.7. The molecule has 0 saturated heterocycles. The Labute approximate surface area is 355 Å². The molecule has 7 bridgehead atoms. The fraction of sp³-hybridized carbons (Fsp3) is 0.345. The van der Waals surface area contributed by atoms with Crippen molar-refractivity contribution in [2.75, 3.05) is 0 Å². The van der Waals surface area contributed by atoms with Crippen molar-refractivity contribution in [1.29, 1.82) is 10.5 Å². The van der Waals surface area contributed by atoms with E-state index in [0.717, 1.165) is 34.8 Å². The van der Waals surface area contributed by atoms with E-state index in [1.165, 1.54) is 169 Å². The molecule has 290 valence electrons. The average Bonchev–Trinajstić information content (AvgIpc) is 4.06. The van der Waals surface area contributed by atoms with Crippen LogP contribution < -0.4 is 0 Å². The van der Waals surface area contributed by atoms with Gasteiger partial charge in [-0.1, -0.05) is 72.8 Å². The Balaban J connectivity index is 1.14. The number of hydrogen-bond acceptors (Lipinski definition) is 2. The summed E-state index contributed by atoms with van der Waals surface area (Å²) in [6.45, 7) is 0. The maximum absolute atomic E-state index is 11.3. The van der Waals surface area contributed by atoms with E-state index >= 15 is 0 Å². The van der Waals surface area contributed by atoms with Crippen molar-refractivity contribution in [3.05, 3.63) is 147 Å². The van der Waals surface area contributed by atoms with Gasteiger partial charge in [-0.15, -0.1) is 0 Å². The SMILES string of the molecule is N#Cc1cc2c(c3c1C1CC4CC(C1)CC3C4)c1cc3c(c4c5c6c(c(C#N)cc5n2c14)C1CC2CC4CC6CC24C1)-c1ccccc1C31c2ccccc2-c2ccccc21. The molecule has 7 unspecified atom stereocenters. The summed E-state index contributed by atoms with van der Waals surface area (Å²) in [5.74, 6) is 5.08. The van der Waals surface area contributed by atoms with Gasteiger partial charge in [-0.25, -0.2) is 0 Å². The lowest BCUT2D eigenvalue weighted by Crippen LogP contribution is -2.41. The van der Waals surface area contributed by atoms with Crippen molar-refractivity contribution in [3.8, 4) is 34.4 Å². The molecule has 3 nitrogen and oxygen atoms in total. The zero-order chi connectivity index (χ0) is 39.4. The van der Waals surface area contributed by atoms with Gasteiger partial charge >= 0.3 is 0 Å². The van der Waals surface area contributed by atoms with Crippen LogP contribution in [-0.2, 0) is 5.41 Å². The Morgan fingerprint density at radius 1 is 0.492 bits per heavy atom. The van der Waals surface area contributed by atoms with Crippen LogP contribution in [0.1, 0.15) is 144 Å². The van der Waals surface area contributed by atoms with E-state index < -0.39 is 5.41 Å². The van der Waals surface area contributed by atoms with Crippen LogP contribution in [0.25, 0.3) is 60.3 Å². The van der Waals surface area contributed by atoms with Gasteiger partial charge in [0.25, 0.3) is 0 Å². The predicted molar refractivity (Wildman–Crippen MR) is 240 cm³/mol. The molecule has 2 spiro atoms. The van der Waals surface area contributed by atoms with Gasteiger partial charge in [-0.3, -0.25) is 0 Å². The molecule has 6 aromatic carbocycles. The van der Waals surface area contributed by atoms with Gasteiger partial charge in [-0.05, 0) is 202 Å². The number of fused-ring (bicyclic) bond motifs is 23. The van der Waals surface area contributed by atoms with Crippen molar-refractivity contribution < 1.29 is 0 Å². The summed E-state index contributed by atoms with van der Waals surface area (Å²) < 4.78 is 2.62. The zero-order valence-corrected chi connectivity index (χ0v) is 34.2. The Morgan fingerprint density at radius 3 is 1.66 bits per heavy atom. The van der Waals surface area contributed by atoms with Crippen LogP contribution in [0, 0.1) is 51.7 Å². The molecule has 5 fully saturated rings. The first-order valence-electron chi connectivity index (χ1n) is 23.6. The maximum atomic E-state index is 11.3. The van der Waals surface area contributed by atoms with Crippen LogP contribution in [-0.4, -0.2) is 4.40 Å². The summed E-state index contributed by atoms with van der Waals surface area (Å²) in [7, 11) is 0. The second kappa shape index (κ2) is 10.1. The molecular weight excluding hydrogens is 739 g/mol. The van der Waals surface area contributed by atoms with Gasteiger partial charge in [-0.2, -0.15) is 10.5 Å². The molecule has 10 aliphatic rings. The highest BCUT2D eigenvalue weighted by Gasteiger charge is 2.66. The van der Waals surface area contributed by atoms with Crippen LogP contribution in [0.4, 0.5) is 0 Å². The minimum Gasteiger partial charge on any atom is -0.308 e. The summed E-state index contributed by atoms with van der Waals surface area (Å²) in [6.07, 6.45) is 12.8. The standard InChI is InChI=1S/C58H43N3/c59-26-34-20-46-53(50-31-16-28-13-29(17-31)15-30(14-28)48(34)50)41-23-45-52(40-9-3-6-12-44(40)58(45)42-10-4-1-7-38(42)39-8-2-5-11-43(39)58)55-54-47(61(46)56(41)55)21-35(27-60)49-32-18-36-22-37-19-33(51(49)54)25-57(36,37)24-32/h1-12,20-21,23,28-33,36-37H,13-19,22,24-25H2. The third kappa shape index (κ3) is 3.23. The first kappa shape index (κ1) is 31.9. The highest BCUT2D eigenvalue weighted by atomic mass is 14.9. The van der Waals surface area contributed by atoms with Crippen molar-refractivity contribution in [2.45, 2.75) is 93.3 Å². The molecule has 2 heterocycles. The largest absolute Gasteiger partial charge is 0.308 e. The number of nitrogens with zero attached hydrogens (tertiary/aromatic N) is 3. The molecule has 5 saturated carbocycles. The van der Waals surface area contributed by atoms with E-state index in [-0.39, 0.29) is 0 Å². The van der Waals surface area contributed by atoms with Crippen LogP contribution >= 0.6 is 0 Å². The van der Waals surface area contributed by atoms with Crippen molar-refractivity contribution >= 4 is 38.1 Å². The molecular formula is C58H43N3. The van der Waals surface area contributed by atoms with Gasteiger partial charge in [0.1, 0.15) is 0 Å². The number of hydrogen-bond donors (Lipinski definition) is 0. The van der Waals surface area contributed by atoms with Crippen molar-refractivity contribution in [3.63, 3.8) is 0 Å². The quantitative estimate of drug-likeness (QED) is 0.154. The topological polar surface area (TPSA) is 52.0 Å². The van der Waals surface area contributed by atoms with E-state index in [4.69, 9.17) is 0 Å². The van der Waals surface area contributed by atoms with Crippen LogP contribution in [0.2, 0.25) is 0 Å². The Bertz CT molecular complexity index is 3490. The smallest absolute Gasteiger partial charge is 0.0995 e. The fourth-order valence-corrected chi connectivity index (χ4v) is 18.4. The molecule has 10 aliphatic carbocycles. The van der Waals surface area contributed by atoms with E-state index in [2.05, 4.69) is 108 Å². The monoisotopic (exact) mass is 781 g/mol. The van der Waals surface area contributed by atoms with Gasteiger partial charge < -0.3 is 4.40 Å². The molecule has 2 aromatic heterocycles. The molecule has 0 amide bonds.